The van der Waals surface area contributed by atoms with Crippen molar-refractivity contribution < 1.29 is 0 Å². The number of aryl methyl sites for hydroxylation is 1. The van der Waals surface area contributed by atoms with Gasteiger partial charge < -0.3 is 0 Å². The standard InChI is InChI=1S/C29H31GeNS/c1-18-25(30(5,6)7)13-12-22-23-14-15-31-26(28(23)32-27(18)22)20-16-19-10-8-9-11-21(19)24(17-20)29(2,3)4/h8-17H,1-7H3. The summed E-state index contributed by atoms with van der Waals surface area (Å²) in [5.41, 5.74) is 5.25. The second-order valence-corrected chi connectivity index (χ2v) is 22.6. The van der Waals surface area contributed by atoms with Crippen molar-refractivity contribution in [2.45, 2.75) is 50.4 Å². The normalized spacial score (nSPS) is 12.8. The fraction of sp³-hybridized carbons (Fsp3) is 0.276. The second-order valence-electron chi connectivity index (χ2n) is 11.0. The SMILES string of the molecule is Cc1[c]([Ge]([CH3])([CH3])[CH3])ccc2c1sc1c(-c3cc(C(C)(C)C)c4ccccc4c3)nccc12. The van der Waals surface area contributed by atoms with Gasteiger partial charge >= 0.3 is 198 Å². The molecule has 5 rings (SSSR count). The quantitative estimate of drug-likeness (QED) is 0.223. The van der Waals surface area contributed by atoms with Crippen LogP contribution in [0.25, 0.3) is 42.2 Å². The summed E-state index contributed by atoms with van der Waals surface area (Å²) in [6.45, 7) is 9.22. The first kappa shape index (κ1) is 21.7. The van der Waals surface area contributed by atoms with E-state index in [9.17, 15) is 0 Å². The molecule has 0 N–H and O–H groups in total. The fourth-order valence-corrected chi connectivity index (χ4v) is 10.3. The van der Waals surface area contributed by atoms with E-state index in [4.69, 9.17) is 4.98 Å². The maximum absolute atomic E-state index is 4.93. The van der Waals surface area contributed by atoms with Crippen molar-refractivity contribution >= 4 is 59.9 Å². The number of pyridine rings is 1. The molecule has 1 nitrogen and oxygen atoms in total. The molecule has 0 fully saturated rings. The monoisotopic (exact) mass is 499 g/mol. The molecular weight excluding hydrogens is 467 g/mol. The van der Waals surface area contributed by atoms with Crippen molar-refractivity contribution in [2.24, 2.45) is 0 Å². The number of hydrogen-bond donors (Lipinski definition) is 0. The van der Waals surface area contributed by atoms with Gasteiger partial charge in [-0.15, -0.1) is 0 Å². The van der Waals surface area contributed by atoms with Gasteiger partial charge in [0.15, 0.2) is 0 Å². The zero-order valence-electron chi connectivity index (χ0n) is 20.1. The summed E-state index contributed by atoms with van der Waals surface area (Å²) in [6, 6.07) is 20.4. The number of fused-ring (bicyclic) bond motifs is 4. The first-order chi connectivity index (χ1) is 15.1. The molecule has 0 bridgehead atoms. The molecule has 0 spiro atoms. The number of rotatable bonds is 2. The van der Waals surface area contributed by atoms with E-state index in [-0.39, 0.29) is 5.41 Å². The zero-order valence-corrected chi connectivity index (χ0v) is 23.0. The Bertz CT molecular complexity index is 1500. The topological polar surface area (TPSA) is 12.9 Å². The molecule has 2 heterocycles. The molecule has 0 aliphatic rings. The predicted molar refractivity (Wildman–Crippen MR) is 146 cm³/mol. The average molecular weight is 498 g/mol. The molecule has 0 atom stereocenters. The molecule has 5 aromatic rings. The third-order valence-corrected chi connectivity index (χ3v) is 12.4. The Kier molecular flexibility index (Phi) is 5.03. The van der Waals surface area contributed by atoms with Gasteiger partial charge in [-0.2, -0.15) is 0 Å². The van der Waals surface area contributed by atoms with Gasteiger partial charge in [-0.25, -0.2) is 0 Å². The van der Waals surface area contributed by atoms with E-state index in [1.165, 1.54) is 47.6 Å². The van der Waals surface area contributed by atoms with E-state index in [2.05, 4.69) is 99.6 Å². The summed E-state index contributed by atoms with van der Waals surface area (Å²) < 4.78 is 4.35. The molecule has 0 saturated carbocycles. The van der Waals surface area contributed by atoms with E-state index in [0.29, 0.717) is 0 Å². The van der Waals surface area contributed by atoms with Crippen molar-refractivity contribution in [1.82, 2.24) is 4.98 Å². The summed E-state index contributed by atoms with van der Waals surface area (Å²) >= 11 is 0.00336. The van der Waals surface area contributed by atoms with Gasteiger partial charge in [0.2, 0.25) is 0 Å². The number of nitrogens with zero attached hydrogens (tertiary/aromatic N) is 1. The molecule has 32 heavy (non-hydrogen) atoms. The second kappa shape index (κ2) is 7.43. The molecule has 162 valence electrons. The minimum absolute atomic E-state index is 0.0636. The van der Waals surface area contributed by atoms with E-state index in [1.807, 2.05) is 17.5 Å². The van der Waals surface area contributed by atoms with Crippen LogP contribution in [0.15, 0.2) is 60.8 Å². The summed E-state index contributed by atoms with van der Waals surface area (Å²) in [4.78, 5) is 4.93. The Morgan fingerprint density at radius 1 is 0.812 bits per heavy atom. The molecule has 3 heteroatoms. The number of benzene rings is 3. The first-order valence-electron chi connectivity index (χ1n) is 11.4. The van der Waals surface area contributed by atoms with Crippen molar-refractivity contribution in [2.75, 3.05) is 0 Å². The summed E-state index contributed by atoms with van der Waals surface area (Å²) in [5, 5.41) is 5.33. The van der Waals surface area contributed by atoms with Crippen molar-refractivity contribution in [3.8, 4) is 11.3 Å². The maximum atomic E-state index is 4.93. The number of aromatic nitrogens is 1. The molecule has 0 saturated heterocycles. The van der Waals surface area contributed by atoms with Gasteiger partial charge in [0, 0.05) is 0 Å². The van der Waals surface area contributed by atoms with Crippen LogP contribution in [0.5, 0.6) is 0 Å². The molecule has 0 aliphatic heterocycles. The van der Waals surface area contributed by atoms with Crippen LogP contribution < -0.4 is 4.40 Å². The predicted octanol–water partition coefficient (Wildman–Crippen LogP) is 8.42. The zero-order chi connectivity index (χ0) is 22.8. The summed E-state index contributed by atoms with van der Waals surface area (Å²) in [7, 11) is 0. The molecule has 0 unspecified atom stereocenters. The van der Waals surface area contributed by atoms with Crippen LogP contribution >= 0.6 is 11.3 Å². The van der Waals surface area contributed by atoms with Crippen LogP contribution in [0.4, 0.5) is 0 Å². The van der Waals surface area contributed by atoms with Crippen LogP contribution in [0, 0.1) is 6.92 Å². The molecule has 2 aromatic heterocycles. The summed E-state index contributed by atoms with van der Waals surface area (Å²) in [5.74, 6) is 7.45. The van der Waals surface area contributed by atoms with Gasteiger partial charge in [-0.1, -0.05) is 0 Å². The van der Waals surface area contributed by atoms with E-state index in [1.54, 1.807) is 4.40 Å². The molecule has 0 radical (unpaired) electrons. The Morgan fingerprint density at radius 3 is 2.25 bits per heavy atom. The fourth-order valence-electron chi connectivity index (χ4n) is 4.99. The van der Waals surface area contributed by atoms with Crippen LogP contribution in [-0.2, 0) is 5.41 Å². The van der Waals surface area contributed by atoms with E-state index < -0.39 is 13.3 Å². The Hall–Kier alpha value is -2.17. The number of hydrogen-bond acceptors (Lipinski definition) is 2. The average Bonchev–Trinajstić information content (AvgIpc) is 3.11. The van der Waals surface area contributed by atoms with Gasteiger partial charge in [0.1, 0.15) is 0 Å². The first-order valence-corrected chi connectivity index (χ1v) is 19.6. The van der Waals surface area contributed by atoms with Gasteiger partial charge in [0.05, 0.1) is 0 Å². The van der Waals surface area contributed by atoms with Crippen LogP contribution in [0.3, 0.4) is 0 Å². The Morgan fingerprint density at radius 2 is 1.53 bits per heavy atom. The number of thiophene rings is 1. The third kappa shape index (κ3) is 3.48. The minimum atomic E-state index is -1.92. The Balaban J connectivity index is 1.83. The molecule has 0 aliphatic carbocycles. The van der Waals surface area contributed by atoms with Gasteiger partial charge in [-0.05, 0) is 0 Å². The molecule has 0 amide bonds. The van der Waals surface area contributed by atoms with E-state index in [0.717, 1.165) is 5.69 Å². The molecule has 3 aromatic carbocycles. The van der Waals surface area contributed by atoms with Crippen LogP contribution in [-0.4, -0.2) is 18.3 Å². The van der Waals surface area contributed by atoms with Crippen molar-refractivity contribution in [3.63, 3.8) is 0 Å². The summed E-state index contributed by atoms with van der Waals surface area (Å²) in [6.07, 6.45) is 1.99. The van der Waals surface area contributed by atoms with Crippen molar-refractivity contribution in [3.05, 3.63) is 71.9 Å². The Labute approximate surface area is 197 Å². The third-order valence-electron chi connectivity index (χ3n) is 6.56. The van der Waals surface area contributed by atoms with Crippen molar-refractivity contribution in [1.29, 1.82) is 0 Å². The van der Waals surface area contributed by atoms with Gasteiger partial charge in [-0.3, -0.25) is 0 Å². The van der Waals surface area contributed by atoms with Crippen LogP contribution in [0.1, 0.15) is 31.9 Å². The van der Waals surface area contributed by atoms with Gasteiger partial charge in [0.25, 0.3) is 0 Å². The van der Waals surface area contributed by atoms with E-state index >= 15 is 0 Å². The molecular formula is C29H31GeNS. The van der Waals surface area contributed by atoms with Crippen LogP contribution in [0.2, 0.25) is 17.3 Å².